The first-order chi connectivity index (χ1) is 14.1. The summed E-state index contributed by atoms with van der Waals surface area (Å²) in [6.07, 6.45) is 5.07. The predicted molar refractivity (Wildman–Crippen MR) is 119 cm³/mol. The molecule has 1 N–H and O–H groups in total. The van der Waals surface area contributed by atoms with Gasteiger partial charge in [-0.2, -0.15) is 5.10 Å². The van der Waals surface area contributed by atoms with Crippen LogP contribution in [0.4, 0.5) is 0 Å². The maximum atomic E-state index is 13.2. The van der Waals surface area contributed by atoms with Crippen molar-refractivity contribution < 1.29 is 4.79 Å². The molecule has 1 aromatic carbocycles. The topological polar surface area (TPSA) is 67.2 Å². The van der Waals surface area contributed by atoms with Crippen LogP contribution in [0, 0.1) is 6.92 Å². The van der Waals surface area contributed by atoms with Crippen LogP contribution in [-0.2, 0) is 4.79 Å². The van der Waals surface area contributed by atoms with Crippen molar-refractivity contribution in [1.29, 1.82) is 0 Å². The van der Waals surface area contributed by atoms with Gasteiger partial charge in [-0.3, -0.25) is 9.59 Å². The molecule has 1 aliphatic rings. The van der Waals surface area contributed by atoms with Gasteiger partial charge >= 0.3 is 0 Å². The van der Waals surface area contributed by atoms with Crippen LogP contribution in [0.3, 0.4) is 0 Å². The molecule has 1 amide bonds. The maximum absolute atomic E-state index is 13.2. The molecule has 0 spiro atoms. The van der Waals surface area contributed by atoms with E-state index in [-0.39, 0.29) is 11.5 Å². The number of fused-ring (bicyclic) bond motifs is 3. The lowest BCUT2D eigenvalue weighted by atomic mass is 10.2. The Morgan fingerprint density at radius 3 is 2.69 bits per heavy atom. The van der Waals surface area contributed by atoms with Crippen LogP contribution in [0.1, 0.15) is 44.3 Å². The second-order valence-electron chi connectivity index (χ2n) is 7.86. The monoisotopic (exact) mass is 412 g/mol. The number of nitrogens with zero attached hydrogens (tertiary/aromatic N) is 3. The fraction of sp³-hybridized carbons (Fsp3) is 0.500. The summed E-state index contributed by atoms with van der Waals surface area (Å²) in [6.45, 7) is 7.31. The summed E-state index contributed by atoms with van der Waals surface area (Å²) in [5.74, 6) is -0.160. The molecule has 0 saturated carbocycles. The Hall–Kier alpha value is -2.25. The molecule has 3 aromatic rings. The van der Waals surface area contributed by atoms with Crippen molar-refractivity contribution in [3.63, 3.8) is 0 Å². The third-order valence-corrected chi connectivity index (χ3v) is 7.06. The molecule has 29 heavy (non-hydrogen) atoms. The van der Waals surface area contributed by atoms with Gasteiger partial charge in [0, 0.05) is 23.2 Å². The lowest BCUT2D eigenvalue weighted by Gasteiger charge is -2.21. The molecule has 2 aromatic heterocycles. The van der Waals surface area contributed by atoms with Gasteiger partial charge < -0.3 is 10.2 Å². The molecule has 1 unspecified atom stereocenters. The van der Waals surface area contributed by atoms with Crippen molar-refractivity contribution in [2.75, 3.05) is 26.2 Å². The Morgan fingerprint density at radius 1 is 1.21 bits per heavy atom. The summed E-state index contributed by atoms with van der Waals surface area (Å²) < 4.78 is 3.32. The zero-order valence-electron chi connectivity index (χ0n) is 17.1. The van der Waals surface area contributed by atoms with E-state index >= 15 is 0 Å². The quantitative estimate of drug-likeness (QED) is 0.697. The number of thiophene rings is 1. The van der Waals surface area contributed by atoms with Crippen LogP contribution in [0.2, 0.25) is 0 Å². The number of hydrogen-bond donors (Lipinski definition) is 1. The van der Waals surface area contributed by atoms with Crippen molar-refractivity contribution in [3.8, 4) is 0 Å². The number of hydrogen-bond acceptors (Lipinski definition) is 5. The second-order valence-corrected chi connectivity index (χ2v) is 8.91. The first-order valence-electron chi connectivity index (χ1n) is 10.5. The van der Waals surface area contributed by atoms with Gasteiger partial charge in [0.05, 0.1) is 15.8 Å². The summed E-state index contributed by atoms with van der Waals surface area (Å²) >= 11 is 1.58. The van der Waals surface area contributed by atoms with Crippen LogP contribution < -0.4 is 10.9 Å². The van der Waals surface area contributed by atoms with Gasteiger partial charge in [0.1, 0.15) is 6.04 Å². The SMILES string of the molecule is Cc1nn(C(C)C(=O)NCCN2CCCCCC2)c(=O)c2c1sc1ccccc12. The smallest absolute Gasteiger partial charge is 0.276 e. The van der Waals surface area contributed by atoms with Gasteiger partial charge in [0.2, 0.25) is 5.91 Å². The summed E-state index contributed by atoms with van der Waals surface area (Å²) in [5.41, 5.74) is 0.586. The Labute approximate surface area is 174 Å². The van der Waals surface area contributed by atoms with E-state index in [0.717, 1.165) is 40.1 Å². The molecule has 1 atom stereocenters. The third kappa shape index (κ3) is 4.07. The Kier molecular flexibility index (Phi) is 5.96. The van der Waals surface area contributed by atoms with Gasteiger partial charge in [-0.05, 0) is 45.8 Å². The first-order valence-corrected chi connectivity index (χ1v) is 11.3. The van der Waals surface area contributed by atoms with Crippen molar-refractivity contribution in [1.82, 2.24) is 20.0 Å². The van der Waals surface area contributed by atoms with Crippen LogP contribution >= 0.6 is 11.3 Å². The van der Waals surface area contributed by atoms with Crippen LogP contribution in [0.5, 0.6) is 0 Å². The fourth-order valence-corrected chi connectivity index (χ4v) is 5.23. The molecule has 0 aliphatic carbocycles. The van der Waals surface area contributed by atoms with Gasteiger partial charge in [-0.25, -0.2) is 4.68 Å². The Bertz CT molecular complexity index is 1080. The summed E-state index contributed by atoms with van der Waals surface area (Å²) in [7, 11) is 0. The van der Waals surface area contributed by atoms with E-state index in [1.807, 2.05) is 31.2 Å². The number of carbonyl (C=O) groups excluding carboxylic acids is 1. The lowest BCUT2D eigenvalue weighted by molar-refractivity contribution is -0.124. The first kappa shape index (κ1) is 20.0. The third-order valence-electron chi connectivity index (χ3n) is 5.78. The highest BCUT2D eigenvalue weighted by atomic mass is 32.1. The zero-order chi connectivity index (χ0) is 20.4. The highest BCUT2D eigenvalue weighted by Gasteiger charge is 2.22. The molecule has 6 nitrogen and oxygen atoms in total. The van der Waals surface area contributed by atoms with E-state index in [1.54, 1.807) is 18.3 Å². The van der Waals surface area contributed by atoms with Gasteiger partial charge in [0.25, 0.3) is 5.56 Å². The number of likely N-dealkylation sites (tertiary alicyclic amines) is 1. The molecule has 1 aliphatic heterocycles. The van der Waals surface area contributed by atoms with Gasteiger partial charge in [-0.1, -0.05) is 31.0 Å². The van der Waals surface area contributed by atoms with Crippen LogP contribution in [0.25, 0.3) is 20.2 Å². The molecule has 4 rings (SSSR count). The predicted octanol–water partition coefficient (Wildman–Crippen LogP) is 3.47. The van der Waals surface area contributed by atoms with Crippen LogP contribution in [-0.4, -0.2) is 46.8 Å². The maximum Gasteiger partial charge on any atom is 0.276 e. The van der Waals surface area contributed by atoms with Crippen molar-refractivity contribution in [3.05, 3.63) is 40.3 Å². The lowest BCUT2D eigenvalue weighted by Crippen LogP contribution is -2.41. The minimum atomic E-state index is -0.645. The Morgan fingerprint density at radius 2 is 1.93 bits per heavy atom. The average molecular weight is 413 g/mol. The molecule has 1 fully saturated rings. The summed E-state index contributed by atoms with van der Waals surface area (Å²) in [4.78, 5) is 28.3. The molecular weight excluding hydrogens is 384 g/mol. The van der Waals surface area contributed by atoms with Crippen LogP contribution in [0.15, 0.2) is 29.1 Å². The van der Waals surface area contributed by atoms with Gasteiger partial charge in [-0.15, -0.1) is 11.3 Å². The van der Waals surface area contributed by atoms with E-state index < -0.39 is 6.04 Å². The number of aromatic nitrogens is 2. The number of benzene rings is 1. The van der Waals surface area contributed by atoms with Crippen molar-refractivity contribution in [2.45, 2.75) is 45.6 Å². The van der Waals surface area contributed by atoms with E-state index in [9.17, 15) is 9.59 Å². The zero-order valence-corrected chi connectivity index (χ0v) is 17.9. The molecular formula is C22H28N4O2S. The van der Waals surface area contributed by atoms with E-state index in [0.29, 0.717) is 11.9 Å². The average Bonchev–Trinajstić information content (AvgIpc) is 2.93. The van der Waals surface area contributed by atoms with Gasteiger partial charge in [0.15, 0.2) is 0 Å². The number of nitrogens with one attached hydrogen (secondary N) is 1. The highest BCUT2D eigenvalue weighted by Crippen LogP contribution is 2.32. The van der Waals surface area contributed by atoms with E-state index in [2.05, 4.69) is 15.3 Å². The molecule has 1 saturated heterocycles. The number of rotatable bonds is 5. The fourth-order valence-electron chi connectivity index (χ4n) is 4.10. The summed E-state index contributed by atoms with van der Waals surface area (Å²) in [6, 6.07) is 7.24. The molecule has 3 heterocycles. The minimum absolute atomic E-state index is 0.160. The molecule has 7 heteroatoms. The molecule has 0 bridgehead atoms. The molecule has 154 valence electrons. The Balaban J connectivity index is 1.52. The normalized spacial score (nSPS) is 16.8. The molecule has 0 radical (unpaired) electrons. The number of aryl methyl sites for hydroxylation is 1. The summed E-state index contributed by atoms with van der Waals surface area (Å²) in [5, 5.41) is 9.07. The number of carbonyl (C=O) groups is 1. The number of amides is 1. The van der Waals surface area contributed by atoms with Crippen molar-refractivity contribution in [2.24, 2.45) is 0 Å². The van der Waals surface area contributed by atoms with E-state index in [4.69, 9.17) is 0 Å². The standard InChI is InChI=1S/C22H28N4O2S/c1-15-20-19(17-9-5-6-10-18(17)29-20)22(28)26(24-15)16(2)21(27)23-11-14-25-12-7-3-4-8-13-25/h5-6,9-10,16H,3-4,7-8,11-14H2,1-2H3,(H,23,27). The largest absolute Gasteiger partial charge is 0.353 e. The van der Waals surface area contributed by atoms with E-state index in [1.165, 1.54) is 30.4 Å². The van der Waals surface area contributed by atoms with Crippen molar-refractivity contribution >= 4 is 37.4 Å². The minimum Gasteiger partial charge on any atom is -0.353 e. The highest BCUT2D eigenvalue weighted by molar-refractivity contribution is 7.26. The second kappa shape index (κ2) is 8.63.